The summed E-state index contributed by atoms with van der Waals surface area (Å²) >= 11 is 0. The van der Waals surface area contributed by atoms with Gasteiger partial charge in [-0.1, -0.05) is 18.2 Å². The molecule has 0 aliphatic carbocycles. The van der Waals surface area contributed by atoms with Crippen LogP contribution in [0.25, 0.3) is 0 Å². The van der Waals surface area contributed by atoms with Crippen LogP contribution in [0.2, 0.25) is 0 Å². The molecular weight excluding hydrogens is 540 g/mol. The minimum atomic E-state index is -0.330. The van der Waals surface area contributed by atoms with E-state index in [1.807, 2.05) is 37.1 Å². The lowest BCUT2D eigenvalue weighted by atomic mass is 10.0. The molecule has 42 heavy (non-hydrogen) atoms. The Hall–Kier alpha value is -4.29. The smallest absolute Gasteiger partial charge is 0.226 e. The number of imide groups is 1. The maximum Gasteiger partial charge on any atom is 0.226 e. The molecule has 0 aromatic heterocycles. The predicted molar refractivity (Wildman–Crippen MR) is 163 cm³/mol. The van der Waals surface area contributed by atoms with E-state index >= 15 is 0 Å². The van der Waals surface area contributed by atoms with E-state index in [1.54, 1.807) is 25.3 Å². The molecule has 12 nitrogen and oxygen atoms in total. The zero-order valence-electron chi connectivity index (χ0n) is 24.7. The number of amides is 4. The van der Waals surface area contributed by atoms with E-state index in [9.17, 15) is 19.2 Å². The molecule has 0 bridgehead atoms. The molecule has 1 atom stereocenters. The van der Waals surface area contributed by atoms with Gasteiger partial charge in [0, 0.05) is 42.2 Å². The van der Waals surface area contributed by atoms with Crippen molar-refractivity contribution in [2.24, 2.45) is 5.73 Å². The van der Waals surface area contributed by atoms with E-state index in [2.05, 4.69) is 21.7 Å². The summed E-state index contributed by atoms with van der Waals surface area (Å²) in [5.41, 5.74) is 13.7. The number of rotatable bonds is 18. The fourth-order valence-corrected chi connectivity index (χ4v) is 4.15. The minimum absolute atomic E-state index is 0.0128. The summed E-state index contributed by atoms with van der Waals surface area (Å²) in [6, 6.07) is 11.1. The Morgan fingerprint density at radius 3 is 2.43 bits per heavy atom. The number of benzene rings is 2. The number of aldehydes is 1. The largest absolute Gasteiger partial charge is 0.495 e. The second-order valence-corrected chi connectivity index (χ2v) is 9.70. The van der Waals surface area contributed by atoms with E-state index in [0.29, 0.717) is 54.9 Å². The van der Waals surface area contributed by atoms with Crippen LogP contribution in [0.3, 0.4) is 0 Å². The van der Waals surface area contributed by atoms with Crippen molar-refractivity contribution in [1.82, 2.24) is 15.5 Å². The number of nitrogens with one attached hydrogen (secondary N) is 3. The lowest BCUT2D eigenvalue weighted by Crippen LogP contribution is -2.31. The number of carbonyl (C=O) groups is 5. The van der Waals surface area contributed by atoms with Crippen molar-refractivity contribution in [1.29, 1.82) is 0 Å². The molecular formula is C30H44N6O6. The van der Waals surface area contributed by atoms with Gasteiger partial charge in [0.1, 0.15) is 12.0 Å². The van der Waals surface area contributed by atoms with Gasteiger partial charge >= 0.3 is 0 Å². The Morgan fingerprint density at radius 1 is 1.05 bits per heavy atom. The number of carbonyl (C=O) groups excluding carboxylic acids is 5. The summed E-state index contributed by atoms with van der Waals surface area (Å²) in [4.78, 5) is 56.9. The van der Waals surface area contributed by atoms with E-state index in [4.69, 9.17) is 15.3 Å². The number of hydrogen-bond acceptors (Lipinski definition) is 9. The van der Waals surface area contributed by atoms with Gasteiger partial charge in [0.05, 0.1) is 12.8 Å². The van der Waals surface area contributed by atoms with Gasteiger partial charge in [-0.2, -0.15) is 0 Å². The summed E-state index contributed by atoms with van der Waals surface area (Å²) in [6.45, 7) is 3.94. The summed E-state index contributed by atoms with van der Waals surface area (Å²) in [5, 5.41) is 8.47. The van der Waals surface area contributed by atoms with Gasteiger partial charge in [0.2, 0.25) is 24.6 Å². The van der Waals surface area contributed by atoms with Gasteiger partial charge < -0.3 is 26.8 Å². The Labute approximate surface area is 247 Å². The zero-order valence-corrected chi connectivity index (χ0v) is 24.7. The molecule has 0 fully saturated rings. The molecule has 0 radical (unpaired) electrons. The highest BCUT2D eigenvalue weighted by molar-refractivity contribution is 5.93. The SMILES string of the molecule is COc1cc(CCCNCCCC(=O)Nc2cccc(C=O)c2CN(C)C(C)CCC(=O)NC=O)ccc1N.NC=O. The predicted octanol–water partition coefficient (Wildman–Crippen LogP) is 2.01. The monoisotopic (exact) mass is 584 g/mol. The first kappa shape index (κ1) is 35.7. The summed E-state index contributed by atoms with van der Waals surface area (Å²) in [7, 11) is 3.50. The van der Waals surface area contributed by atoms with Crippen LogP contribution < -0.4 is 32.2 Å². The van der Waals surface area contributed by atoms with E-state index in [-0.39, 0.29) is 30.7 Å². The van der Waals surface area contributed by atoms with Crippen molar-refractivity contribution in [3.05, 3.63) is 53.1 Å². The van der Waals surface area contributed by atoms with Crippen LogP contribution in [0.4, 0.5) is 11.4 Å². The van der Waals surface area contributed by atoms with Crippen molar-refractivity contribution >= 4 is 42.3 Å². The molecule has 0 aliphatic heterocycles. The fraction of sp³-hybridized carbons (Fsp3) is 0.433. The number of nitrogen functional groups attached to an aromatic ring is 1. The molecule has 2 aromatic rings. The van der Waals surface area contributed by atoms with Crippen molar-refractivity contribution in [2.75, 3.05) is 38.3 Å². The van der Waals surface area contributed by atoms with Gasteiger partial charge in [0.15, 0.2) is 0 Å². The standard InChI is InChI=1S/C29H41N5O5.CH3NO/c1-21(11-14-28(37)32-20-36)34(2)18-24-23(19-35)8-4-9-26(24)33-29(38)10-6-16-31-15-5-7-22-12-13-25(30)27(17-22)39-3;2-1-3/h4,8-9,12-13,17,19-21,31H,5-7,10-11,14-16,18,30H2,1-3H3,(H,33,38)(H,32,36,37);1H,(H2,2,3). The van der Waals surface area contributed by atoms with Gasteiger partial charge in [-0.05, 0) is 76.5 Å². The van der Waals surface area contributed by atoms with Crippen molar-refractivity contribution in [3.63, 3.8) is 0 Å². The first-order valence-corrected chi connectivity index (χ1v) is 13.8. The number of anilines is 2. The summed E-state index contributed by atoms with van der Waals surface area (Å²) < 4.78 is 5.26. The van der Waals surface area contributed by atoms with Crippen LogP contribution in [0.1, 0.15) is 60.5 Å². The number of nitrogens with zero attached hydrogens (tertiary/aromatic N) is 1. The van der Waals surface area contributed by atoms with Crippen LogP contribution in [-0.2, 0) is 32.1 Å². The lowest BCUT2D eigenvalue weighted by molar-refractivity contribution is -0.125. The zero-order chi connectivity index (χ0) is 31.3. The number of hydrogen-bond donors (Lipinski definition) is 5. The Morgan fingerprint density at radius 2 is 1.76 bits per heavy atom. The maximum absolute atomic E-state index is 12.6. The second-order valence-electron chi connectivity index (χ2n) is 9.70. The van der Waals surface area contributed by atoms with Crippen molar-refractivity contribution in [2.45, 2.75) is 58.0 Å². The molecule has 1 unspecified atom stereocenters. The third-order valence-electron chi connectivity index (χ3n) is 6.66. The Bertz CT molecular complexity index is 1160. The normalized spacial score (nSPS) is 11.0. The fourth-order valence-electron chi connectivity index (χ4n) is 4.15. The molecule has 0 saturated heterocycles. The van der Waals surface area contributed by atoms with Crippen molar-refractivity contribution < 1.29 is 28.7 Å². The maximum atomic E-state index is 12.6. The lowest BCUT2D eigenvalue weighted by Gasteiger charge is -2.26. The van der Waals surface area contributed by atoms with Gasteiger partial charge in [-0.15, -0.1) is 0 Å². The average molecular weight is 585 g/mol. The molecule has 7 N–H and O–H groups in total. The first-order valence-electron chi connectivity index (χ1n) is 13.8. The van der Waals surface area contributed by atoms with Crippen LogP contribution in [-0.4, -0.2) is 69.1 Å². The Kier molecular flexibility index (Phi) is 17.5. The number of methoxy groups -OCH3 is 1. The number of ether oxygens (including phenoxy) is 1. The van der Waals surface area contributed by atoms with Crippen LogP contribution in [0.5, 0.6) is 5.75 Å². The highest BCUT2D eigenvalue weighted by atomic mass is 16.5. The molecule has 2 rings (SSSR count). The Balaban J connectivity index is 0.00000281. The molecule has 0 heterocycles. The molecule has 4 amide bonds. The van der Waals surface area contributed by atoms with Crippen LogP contribution in [0, 0.1) is 0 Å². The van der Waals surface area contributed by atoms with E-state index in [0.717, 1.165) is 37.8 Å². The highest BCUT2D eigenvalue weighted by Crippen LogP contribution is 2.24. The molecule has 0 aliphatic rings. The summed E-state index contributed by atoms with van der Waals surface area (Å²) in [5.74, 6) is 0.245. The average Bonchev–Trinajstić information content (AvgIpc) is 2.97. The third-order valence-corrected chi connectivity index (χ3v) is 6.66. The van der Waals surface area contributed by atoms with Crippen LogP contribution >= 0.6 is 0 Å². The first-order chi connectivity index (χ1) is 20.2. The van der Waals surface area contributed by atoms with E-state index < -0.39 is 0 Å². The third kappa shape index (κ3) is 13.4. The quantitative estimate of drug-likeness (QED) is 0.0992. The van der Waals surface area contributed by atoms with Gasteiger partial charge in [-0.25, -0.2) is 0 Å². The van der Waals surface area contributed by atoms with Gasteiger partial charge in [-0.3, -0.25) is 34.2 Å². The van der Waals surface area contributed by atoms with Crippen LogP contribution in [0.15, 0.2) is 36.4 Å². The molecule has 12 heteroatoms. The molecule has 0 spiro atoms. The number of nitrogens with two attached hydrogens (primary N) is 2. The minimum Gasteiger partial charge on any atom is -0.495 e. The summed E-state index contributed by atoms with van der Waals surface area (Å²) in [6.07, 6.45) is 5.06. The topological polar surface area (TPSA) is 186 Å². The van der Waals surface area contributed by atoms with Crippen molar-refractivity contribution in [3.8, 4) is 5.75 Å². The molecule has 2 aromatic carbocycles. The molecule has 230 valence electrons. The highest BCUT2D eigenvalue weighted by Gasteiger charge is 2.17. The second kappa shape index (κ2) is 20.6. The van der Waals surface area contributed by atoms with E-state index in [1.165, 1.54) is 5.56 Å². The number of primary amides is 1. The molecule has 0 saturated carbocycles. The number of aryl methyl sites for hydroxylation is 1. The van der Waals surface area contributed by atoms with Gasteiger partial charge in [0.25, 0.3) is 0 Å².